The van der Waals surface area contributed by atoms with Crippen molar-refractivity contribution < 1.29 is 4.42 Å². The predicted octanol–water partition coefficient (Wildman–Crippen LogP) is 10.1. The molecule has 0 atom stereocenters. The first-order valence-electron chi connectivity index (χ1n) is 13.3. The minimum Gasteiger partial charge on any atom is -0.455 e. The number of pyridine rings is 1. The lowest BCUT2D eigenvalue weighted by Gasteiger charge is -2.25. The van der Waals surface area contributed by atoms with Crippen LogP contribution in [0.3, 0.4) is 0 Å². The number of para-hydroxylation sites is 1. The summed E-state index contributed by atoms with van der Waals surface area (Å²) in [4.78, 5) is 9.94. The third kappa shape index (κ3) is 4.03. The van der Waals surface area contributed by atoms with E-state index in [2.05, 4.69) is 116 Å². The van der Waals surface area contributed by atoms with E-state index < -0.39 is 0 Å². The first kappa shape index (κ1) is 24.8. The van der Waals surface area contributed by atoms with Crippen molar-refractivity contribution >= 4 is 43.5 Å². The largest absolute Gasteiger partial charge is 0.455 e. The summed E-state index contributed by atoms with van der Waals surface area (Å²) in [6.45, 7) is 17.8. The Morgan fingerprint density at radius 1 is 0.763 bits per heavy atom. The summed E-state index contributed by atoms with van der Waals surface area (Å²) in [6.07, 6.45) is 2.06. The highest BCUT2D eigenvalue weighted by Gasteiger charge is 2.24. The zero-order valence-corrected chi connectivity index (χ0v) is 24.3. The molecule has 6 aromatic rings. The van der Waals surface area contributed by atoms with E-state index >= 15 is 0 Å². The van der Waals surface area contributed by atoms with Crippen LogP contribution in [-0.2, 0) is 10.8 Å². The van der Waals surface area contributed by atoms with Gasteiger partial charge in [-0.1, -0.05) is 71.9 Å². The van der Waals surface area contributed by atoms with Gasteiger partial charge in [0.05, 0.1) is 20.9 Å². The van der Waals surface area contributed by atoms with Gasteiger partial charge in [0.25, 0.3) is 0 Å². The summed E-state index contributed by atoms with van der Waals surface area (Å²) in [5.41, 5.74) is 11.0. The Balaban J connectivity index is 1.56. The van der Waals surface area contributed by atoms with Crippen molar-refractivity contribution in [3.8, 4) is 22.4 Å². The molecule has 3 nitrogen and oxygen atoms in total. The molecule has 0 N–H and O–H groups in total. The first-order valence-corrected chi connectivity index (χ1v) is 14.1. The standard InChI is InChI=1S/C34H34N2OS/c1-19-11-9-12-20(2)30(19)24-18-35-26(16-25(24)33(3,4)5)22-14-10-13-21-23-15-29-27(17-28(23)37-31(21)22)36-32(38-29)34(6,7)8/h9-18H,1-8H3. The Kier molecular flexibility index (Phi) is 5.55. The van der Waals surface area contributed by atoms with Crippen molar-refractivity contribution in [1.29, 1.82) is 0 Å². The fraction of sp³-hybridized carbons (Fsp3) is 0.294. The van der Waals surface area contributed by atoms with Crippen molar-refractivity contribution in [1.82, 2.24) is 9.97 Å². The lowest BCUT2D eigenvalue weighted by molar-refractivity contribution is 0.587. The lowest BCUT2D eigenvalue weighted by Crippen LogP contribution is -2.14. The maximum atomic E-state index is 6.54. The van der Waals surface area contributed by atoms with Gasteiger partial charge in [-0.2, -0.15) is 0 Å². The highest BCUT2D eigenvalue weighted by atomic mass is 32.1. The number of rotatable bonds is 2. The summed E-state index contributed by atoms with van der Waals surface area (Å²) in [5, 5.41) is 3.39. The number of hydrogen-bond acceptors (Lipinski definition) is 4. The molecule has 0 bridgehead atoms. The van der Waals surface area contributed by atoms with E-state index in [-0.39, 0.29) is 10.8 Å². The molecule has 0 saturated carbocycles. The number of aromatic nitrogens is 2. The average Bonchev–Trinajstić information content (AvgIpc) is 3.42. The summed E-state index contributed by atoms with van der Waals surface area (Å²) in [7, 11) is 0. The molecule has 192 valence electrons. The third-order valence-corrected chi connectivity index (χ3v) is 8.83. The van der Waals surface area contributed by atoms with Crippen LogP contribution < -0.4 is 0 Å². The number of nitrogens with zero attached hydrogens (tertiary/aromatic N) is 2. The van der Waals surface area contributed by atoms with Crippen molar-refractivity contribution in [2.45, 2.75) is 66.2 Å². The van der Waals surface area contributed by atoms with Gasteiger partial charge in [0.1, 0.15) is 11.2 Å². The molecule has 0 unspecified atom stereocenters. The Bertz CT molecular complexity index is 1840. The molecule has 0 aliphatic heterocycles. The maximum absolute atomic E-state index is 6.54. The van der Waals surface area contributed by atoms with Crippen molar-refractivity contribution in [3.05, 3.63) is 82.5 Å². The number of furan rings is 1. The molecule has 3 aromatic carbocycles. The quantitative estimate of drug-likeness (QED) is 0.229. The minimum absolute atomic E-state index is 0.0273. The van der Waals surface area contributed by atoms with Gasteiger partial charge in [0.2, 0.25) is 0 Å². The number of aryl methyl sites for hydroxylation is 2. The molecule has 3 aromatic heterocycles. The second kappa shape index (κ2) is 8.51. The third-order valence-electron chi connectivity index (χ3n) is 7.39. The molecule has 0 aliphatic rings. The van der Waals surface area contributed by atoms with Gasteiger partial charge >= 0.3 is 0 Å². The van der Waals surface area contributed by atoms with Crippen LogP contribution in [-0.4, -0.2) is 9.97 Å². The van der Waals surface area contributed by atoms with Gasteiger partial charge in [-0.3, -0.25) is 4.98 Å². The van der Waals surface area contributed by atoms with Crippen molar-refractivity contribution in [3.63, 3.8) is 0 Å². The molecule has 4 heteroatoms. The van der Waals surface area contributed by atoms with Crippen LogP contribution in [0.5, 0.6) is 0 Å². The fourth-order valence-corrected chi connectivity index (χ4v) is 6.45. The van der Waals surface area contributed by atoms with Gasteiger partial charge in [0.15, 0.2) is 0 Å². The molecule has 0 spiro atoms. The van der Waals surface area contributed by atoms with Gasteiger partial charge < -0.3 is 4.42 Å². The average molecular weight is 519 g/mol. The maximum Gasteiger partial charge on any atom is 0.144 e. The Hall–Kier alpha value is -3.50. The van der Waals surface area contributed by atoms with Gasteiger partial charge in [-0.25, -0.2) is 4.98 Å². The van der Waals surface area contributed by atoms with Gasteiger partial charge in [0, 0.05) is 39.6 Å². The highest BCUT2D eigenvalue weighted by Crippen LogP contribution is 2.42. The highest BCUT2D eigenvalue weighted by molar-refractivity contribution is 7.18. The monoisotopic (exact) mass is 518 g/mol. The van der Waals surface area contributed by atoms with Crippen LogP contribution in [0.2, 0.25) is 0 Å². The minimum atomic E-state index is -0.0513. The molecule has 3 heterocycles. The van der Waals surface area contributed by atoms with E-state index in [0.717, 1.165) is 43.7 Å². The van der Waals surface area contributed by atoms with E-state index in [1.54, 1.807) is 11.3 Å². The lowest BCUT2D eigenvalue weighted by atomic mass is 9.80. The fourth-order valence-electron chi connectivity index (χ4n) is 5.40. The van der Waals surface area contributed by atoms with Crippen molar-refractivity contribution in [2.75, 3.05) is 0 Å². The molecule has 6 rings (SSSR count). The molecule has 0 saturated heterocycles. The first-order chi connectivity index (χ1) is 17.9. The summed E-state index contributed by atoms with van der Waals surface area (Å²) < 4.78 is 7.74. The van der Waals surface area contributed by atoms with Crippen LogP contribution in [0.25, 0.3) is 54.5 Å². The van der Waals surface area contributed by atoms with E-state index in [9.17, 15) is 0 Å². The van der Waals surface area contributed by atoms with Crippen LogP contribution in [0.4, 0.5) is 0 Å². The predicted molar refractivity (Wildman–Crippen MR) is 162 cm³/mol. The van der Waals surface area contributed by atoms with Crippen LogP contribution >= 0.6 is 11.3 Å². The molecule has 0 radical (unpaired) electrons. The second-order valence-corrected chi connectivity index (χ2v) is 13.5. The van der Waals surface area contributed by atoms with Crippen molar-refractivity contribution in [2.24, 2.45) is 0 Å². The molecular weight excluding hydrogens is 484 g/mol. The van der Waals surface area contributed by atoms with Gasteiger partial charge in [-0.05, 0) is 59.7 Å². The SMILES string of the molecule is Cc1cccc(C)c1-c1cnc(-c2cccc3c2oc2cc4nc(C(C)(C)C)sc4cc23)cc1C(C)(C)C. The topological polar surface area (TPSA) is 38.9 Å². The molecule has 0 fully saturated rings. The number of benzene rings is 3. The zero-order chi connectivity index (χ0) is 27.0. The van der Waals surface area contributed by atoms with Crippen LogP contribution in [0, 0.1) is 13.8 Å². The Morgan fingerprint density at radius 2 is 1.47 bits per heavy atom. The van der Waals surface area contributed by atoms with E-state index in [1.807, 2.05) is 0 Å². The molecular formula is C34H34N2OS. The van der Waals surface area contributed by atoms with Gasteiger partial charge in [-0.15, -0.1) is 11.3 Å². The normalized spacial score (nSPS) is 12.7. The number of hydrogen-bond donors (Lipinski definition) is 0. The van der Waals surface area contributed by atoms with Crippen LogP contribution in [0.15, 0.2) is 65.2 Å². The molecule has 0 aliphatic carbocycles. The van der Waals surface area contributed by atoms with Crippen LogP contribution in [0.1, 0.15) is 63.2 Å². The van der Waals surface area contributed by atoms with E-state index in [4.69, 9.17) is 14.4 Å². The Labute approximate surface area is 228 Å². The smallest absolute Gasteiger partial charge is 0.144 e. The second-order valence-electron chi connectivity index (χ2n) is 12.5. The summed E-state index contributed by atoms with van der Waals surface area (Å²) in [6, 6.07) is 19.5. The summed E-state index contributed by atoms with van der Waals surface area (Å²) >= 11 is 1.77. The zero-order valence-electron chi connectivity index (χ0n) is 23.5. The molecule has 0 amide bonds. The summed E-state index contributed by atoms with van der Waals surface area (Å²) in [5.74, 6) is 0. The molecule has 38 heavy (non-hydrogen) atoms. The number of fused-ring (bicyclic) bond motifs is 4. The van der Waals surface area contributed by atoms with E-state index in [1.165, 1.54) is 32.5 Å². The van der Waals surface area contributed by atoms with E-state index in [0.29, 0.717) is 0 Å². The number of thiazole rings is 1. The Morgan fingerprint density at radius 3 is 2.16 bits per heavy atom.